The Morgan fingerprint density at radius 2 is 2.09 bits per heavy atom. The van der Waals surface area contributed by atoms with Crippen molar-refractivity contribution in [1.29, 1.82) is 0 Å². The number of hydrogen-bond acceptors (Lipinski definition) is 6. The Morgan fingerprint density at radius 1 is 1.41 bits per heavy atom. The van der Waals surface area contributed by atoms with Crippen LogP contribution in [-0.4, -0.2) is 41.8 Å². The van der Waals surface area contributed by atoms with Gasteiger partial charge in [0.1, 0.15) is 24.2 Å². The van der Waals surface area contributed by atoms with E-state index in [0.717, 1.165) is 0 Å². The lowest BCUT2D eigenvalue weighted by atomic mass is 10.2. The molecule has 7 nitrogen and oxygen atoms in total. The molecule has 0 heterocycles. The van der Waals surface area contributed by atoms with E-state index >= 15 is 0 Å². The number of nitrogens with one attached hydrogen (secondary N) is 1. The molecule has 1 rings (SSSR count). The average molecular weight is 331 g/mol. The van der Waals surface area contributed by atoms with Gasteiger partial charge >= 0.3 is 6.09 Å². The first-order valence-electron chi connectivity index (χ1n) is 6.62. The van der Waals surface area contributed by atoms with Gasteiger partial charge in [0.25, 0.3) is 0 Å². The first kappa shape index (κ1) is 18.2. The fourth-order valence-corrected chi connectivity index (χ4v) is 1.66. The van der Waals surface area contributed by atoms with Crippen molar-refractivity contribution in [2.75, 3.05) is 17.8 Å². The summed E-state index contributed by atoms with van der Waals surface area (Å²) in [5.41, 5.74) is 6.02. The predicted octanol–water partition coefficient (Wildman–Crippen LogP) is 1.48. The minimum atomic E-state index is -1.14. The molecule has 0 aromatic heterocycles. The SMILES string of the molecule is CC(=O)CC(O)C(N)Oc1ccccc1NC(=O)OCCCl. The number of hydrogen-bond donors (Lipinski definition) is 3. The normalized spacial score (nSPS) is 13.1. The highest BCUT2D eigenvalue weighted by molar-refractivity contribution is 6.18. The molecule has 4 N–H and O–H groups in total. The molecule has 0 aliphatic heterocycles. The zero-order valence-electron chi connectivity index (χ0n) is 12.1. The average Bonchev–Trinajstić information content (AvgIpc) is 2.46. The fraction of sp³-hybridized carbons (Fsp3) is 0.429. The molecule has 0 spiro atoms. The molecular weight excluding hydrogens is 312 g/mol. The van der Waals surface area contributed by atoms with E-state index in [4.69, 9.17) is 26.8 Å². The number of Topliss-reactive ketones (excluding diaryl/α,β-unsaturated/α-hetero) is 1. The third-order valence-electron chi connectivity index (χ3n) is 2.57. The molecule has 22 heavy (non-hydrogen) atoms. The third-order valence-corrected chi connectivity index (χ3v) is 2.73. The van der Waals surface area contributed by atoms with Crippen molar-refractivity contribution in [3.8, 4) is 5.75 Å². The molecule has 0 bridgehead atoms. The number of nitrogens with two attached hydrogens (primary N) is 1. The van der Waals surface area contributed by atoms with Gasteiger partial charge in [-0.25, -0.2) is 4.79 Å². The molecular formula is C14H19ClN2O5. The zero-order valence-corrected chi connectivity index (χ0v) is 12.9. The second-order valence-electron chi connectivity index (χ2n) is 4.50. The molecule has 0 aliphatic rings. The minimum absolute atomic E-state index is 0.0766. The number of aliphatic hydroxyl groups excluding tert-OH is 1. The highest BCUT2D eigenvalue weighted by Gasteiger charge is 2.20. The van der Waals surface area contributed by atoms with E-state index in [1.165, 1.54) is 6.92 Å². The second-order valence-corrected chi connectivity index (χ2v) is 4.88. The van der Waals surface area contributed by atoms with Crippen LogP contribution in [0.25, 0.3) is 0 Å². The summed E-state index contributed by atoms with van der Waals surface area (Å²) in [6.45, 7) is 1.42. The summed E-state index contributed by atoms with van der Waals surface area (Å²) < 4.78 is 10.2. The summed E-state index contributed by atoms with van der Waals surface area (Å²) in [5.74, 6) is 0.233. The molecule has 0 saturated heterocycles. The molecule has 0 radical (unpaired) electrons. The highest BCUT2D eigenvalue weighted by atomic mass is 35.5. The number of alkyl halides is 1. The second kappa shape index (κ2) is 9.24. The number of ether oxygens (including phenoxy) is 2. The van der Waals surface area contributed by atoms with Crippen LogP contribution in [0.15, 0.2) is 24.3 Å². The summed E-state index contributed by atoms with van der Waals surface area (Å²) in [4.78, 5) is 22.5. The van der Waals surface area contributed by atoms with Gasteiger partial charge in [-0.3, -0.25) is 15.8 Å². The van der Waals surface area contributed by atoms with E-state index in [0.29, 0.717) is 5.69 Å². The Balaban J connectivity index is 2.70. The fourth-order valence-electron chi connectivity index (χ4n) is 1.59. The van der Waals surface area contributed by atoms with Gasteiger partial charge in [0.15, 0.2) is 6.23 Å². The summed E-state index contributed by atoms with van der Waals surface area (Å²) >= 11 is 5.42. The van der Waals surface area contributed by atoms with Crippen LogP contribution in [-0.2, 0) is 9.53 Å². The van der Waals surface area contributed by atoms with E-state index in [1.54, 1.807) is 24.3 Å². The van der Waals surface area contributed by atoms with Crippen molar-refractivity contribution in [3.63, 3.8) is 0 Å². The molecule has 0 fully saturated rings. The third kappa shape index (κ3) is 6.30. The number of aliphatic hydroxyl groups is 1. The van der Waals surface area contributed by atoms with Crippen LogP contribution in [0.3, 0.4) is 0 Å². The number of amides is 1. The maximum atomic E-state index is 11.5. The lowest BCUT2D eigenvalue weighted by molar-refractivity contribution is -0.120. The predicted molar refractivity (Wildman–Crippen MR) is 82.0 cm³/mol. The topological polar surface area (TPSA) is 111 Å². The lowest BCUT2D eigenvalue weighted by Gasteiger charge is -2.21. The monoisotopic (exact) mass is 330 g/mol. The van der Waals surface area contributed by atoms with Crippen LogP contribution in [0.1, 0.15) is 13.3 Å². The standard InChI is InChI=1S/C14H19ClN2O5/c1-9(18)8-11(19)13(16)22-12-5-3-2-4-10(12)17-14(20)21-7-6-15/h2-5,11,13,19H,6-8,16H2,1H3,(H,17,20). The van der Waals surface area contributed by atoms with Crippen LogP contribution >= 0.6 is 11.6 Å². The molecule has 0 saturated carbocycles. The van der Waals surface area contributed by atoms with Crippen molar-refractivity contribution in [3.05, 3.63) is 24.3 Å². The van der Waals surface area contributed by atoms with E-state index in [-0.39, 0.29) is 30.4 Å². The molecule has 2 atom stereocenters. The molecule has 122 valence electrons. The first-order chi connectivity index (χ1) is 10.4. The molecule has 0 aliphatic carbocycles. The van der Waals surface area contributed by atoms with E-state index < -0.39 is 18.4 Å². The first-order valence-corrected chi connectivity index (χ1v) is 7.16. The number of carbonyl (C=O) groups excluding carboxylic acids is 2. The van der Waals surface area contributed by atoms with Crippen molar-refractivity contribution in [1.82, 2.24) is 0 Å². The summed E-state index contributed by atoms with van der Waals surface area (Å²) in [6.07, 6.45) is -3.05. The van der Waals surface area contributed by atoms with Gasteiger partial charge in [0, 0.05) is 6.42 Å². The molecule has 1 aromatic rings. The van der Waals surface area contributed by atoms with Gasteiger partial charge in [-0.1, -0.05) is 12.1 Å². The Kier molecular flexibility index (Phi) is 7.65. The Morgan fingerprint density at radius 3 is 2.73 bits per heavy atom. The van der Waals surface area contributed by atoms with Crippen molar-refractivity contribution in [2.24, 2.45) is 5.73 Å². The molecule has 2 unspecified atom stereocenters. The summed E-state index contributed by atoms with van der Waals surface area (Å²) in [5, 5.41) is 12.2. The highest BCUT2D eigenvalue weighted by Crippen LogP contribution is 2.25. The van der Waals surface area contributed by atoms with Gasteiger partial charge < -0.3 is 14.6 Å². The number of ketones is 1. The summed E-state index contributed by atoms with van der Waals surface area (Å²) in [6, 6.07) is 6.51. The maximum Gasteiger partial charge on any atom is 0.411 e. The van der Waals surface area contributed by atoms with E-state index in [2.05, 4.69) is 5.32 Å². The molecule has 1 amide bonds. The largest absolute Gasteiger partial charge is 0.471 e. The van der Waals surface area contributed by atoms with Crippen molar-refractivity contribution in [2.45, 2.75) is 25.7 Å². The van der Waals surface area contributed by atoms with E-state index in [9.17, 15) is 14.7 Å². The van der Waals surface area contributed by atoms with Crippen molar-refractivity contribution < 1.29 is 24.2 Å². The molecule has 8 heteroatoms. The van der Waals surface area contributed by atoms with Gasteiger partial charge in [-0.15, -0.1) is 11.6 Å². The van der Waals surface area contributed by atoms with Crippen LogP contribution in [0, 0.1) is 0 Å². The smallest absolute Gasteiger partial charge is 0.411 e. The quantitative estimate of drug-likeness (QED) is 0.492. The number of para-hydroxylation sites is 2. The number of anilines is 1. The van der Waals surface area contributed by atoms with Gasteiger partial charge in [-0.05, 0) is 19.1 Å². The van der Waals surface area contributed by atoms with Crippen LogP contribution in [0.4, 0.5) is 10.5 Å². The number of benzene rings is 1. The van der Waals surface area contributed by atoms with Gasteiger partial charge in [-0.2, -0.15) is 0 Å². The Labute approximate surface area is 133 Å². The van der Waals surface area contributed by atoms with Gasteiger partial charge in [0.05, 0.1) is 11.6 Å². The number of carbonyl (C=O) groups is 2. The van der Waals surface area contributed by atoms with Gasteiger partial charge in [0.2, 0.25) is 0 Å². The van der Waals surface area contributed by atoms with Crippen LogP contribution in [0.5, 0.6) is 5.75 Å². The zero-order chi connectivity index (χ0) is 16.5. The van der Waals surface area contributed by atoms with E-state index in [1.807, 2.05) is 0 Å². The Bertz CT molecular complexity index is 512. The Hall–Kier alpha value is -1.83. The maximum absolute atomic E-state index is 11.5. The van der Waals surface area contributed by atoms with Crippen molar-refractivity contribution >= 4 is 29.2 Å². The number of halogens is 1. The van der Waals surface area contributed by atoms with Crippen LogP contribution < -0.4 is 15.8 Å². The lowest BCUT2D eigenvalue weighted by Crippen LogP contribution is -2.41. The summed E-state index contributed by atoms with van der Waals surface area (Å²) in [7, 11) is 0. The number of rotatable bonds is 8. The molecule has 1 aromatic carbocycles. The minimum Gasteiger partial charge on any atom is -0.471 e. The van der Waals surface area contributed by atoms with Crippen LogP contribution in [0.2, 0.25) is 0 Å².